The molecule has 1 amide bonds. The lowest BCUT2D eigenvalue weighted by Crippen LogP contribution is -2.33. The first-order valence-electron chi connectivity index (χ1n) is 10.2. The van der Waals surface area contributed by atoms with Crippen molar-refractivity contribution in [2.24, 2.45) is 0 Å². The molecular formula is C23H23N5O5. The highest BCUT2D eigenvalue weighted by atomic mass is 16.5. The molecule has 2 heterocycles. The average molecular weight is 449 g/mol. The summed E-state index contributed by atoms with van der Waals surface area (Å²) in [6.07, 6.45) is 3.51. The third kappa shape index (κ3) is 4.95. The predicted molar refractivity (Wildman–Crippen MR) is 120 cm³/mol. The smallest absolute Gasteiger partial charge is 0.351 e. The zero-order chi connectivity index (χ0) is 23.2. The van der Waals surface area contributed by atoms with E-state index in [-0.39, 0.29) is 24.0 Å². The Hall–Kier alpha value is -4.34. The van der Waals surface area contributed by atoms with Crippen LogP contribution in [-0.4, -0.2) is 45.8 Å². The normalized spacial score (nSPS) is 10.7. The third-order valence-corrected chi connectivity index (χ3v) is 4.90. The van der Waals surface area contributed by atoms with Gasteiger partial charge in [-0.25, -0.2) is 18.9 Å². The molecular weight excluding hydrogens is 426 g/mol. The van der Waals surface area contributed by atoms with Gasteiger partial charge in [-0.05, 0) is 36.2 Å². The van der Waals surface area contributed by atoms with E-state index in [1.165, 1.54) is 16.8 Å². The van der Waals surface area contributed by atoms with Gasteiger partial charge >= 0.3 is 5.69 Å². The van der Waals surface area contributed by atoms with Gasteiger partial charge in [0.2, 0.25) is 11.6 Å². The number of nitrogens with zero attached hydrogens (tertiary/aromatic N) is 4. The molecule has 0 saturated heterocycles. The number of carbonyl (C=O) groups excluding carboxylic acids is 1. The van der Waals surface area contributed by atoms with E-state index in [2.05, 4.69) is 15.4 Å². The SMILES string of the molecule is COc1ccc(CCNC(=O)Cn2nc3c(Oc4ccccc4)nccn3c2=O)cc1OC. The molecule has 170 valence electrons. The molecule has 0 atom stereocenters. The molecule has 4 rings (SSSR count). The van der Waals surface area contributed by atoms with Crippen molar-refractivity contribution in [1.29, 1.82) is 0 Å². The molecule has 1 N–H and O–H groups in total. The summed E-state index contributed by atoms with van der Waals surface area (Å²) in [5, 5.41) is 7.05. The molecule has 0 aliphatic heterocycles. The molecule has 0 spiro atoms. The number of nitrogens with one attached hydrogen (secondary N) is 1. The van der Waals surface area contributed by atoms with Gasteiger partial charge in [-0.1, -0.05) is 24.3 Å². The van der Waals surface area contributed by atoms with Crippen LogP contribution in [0.3, 0.4) is 0 Å². The second-order valence-electron chi connectivity index (χ2n) is 7.07. The fourth-order valence-corrected chi connectivity index (χ4v) is 3.28. The number of fused-ring (bicyclic) bond motifs is 1. The molecule has 0 fully saturated rings. The second kappa shape index (κ2) is 9.86. The molecule has 0 bridgehead atoms. The Morgan fingerprint density at radius 1 is 1.06 bits per heavy atom. The van der Waals surface area contributed by atoms with Gasteiger partial charge in [0.15, 0.2) is 11.5 Å². The maximum atomic E-state index is 12.7. The highest BCUT2D eigenvalue weighted by Crippen LogP contribution is 2.27. The minimum Gasteiger partial charge on any atom is -0.493 e. The van der Waals surface area contributed by atoms with E-state index >= 15 is 0 Å². The van der Waals surface area contributed by atoms with Crippen molar-refractivity contribution in [2.45, 2.75) is 13.0 Å². The molecule has 10 nitrogen and oxygen atoms in total. The lowest BCUT2D eigenvalue weighted by molar-refractivity contribution is -0.121. The maximum Gasteiger partial charge on any atom is 0.351 e. The van der Waals surface area contributed by atoms with Crippen molar-refractivity contribution in [3.63, 3.8) is 0 Å². The van der Waals surface area contributed by atoms with Crippen LogP contribution in [0, 0.1) is 0 Å². The van der Waals surface area contributed by atoms with Gasteiger partial charge in [0.25, 0.3) is 5.88 Å². The van der Waals surface area contributed by atoms with Crippen molar-refractivity contribution in [3.8, 4) is 23.1 Å². The van der Waals surface area contributed by atoms with Gasteiger partial charge in [0, 0.05) is 18.9 Å². The number of methoxy groups -OCH3 is 2. The molecule has 10 heteroatoms. The molecule has 0 radical (unpaired) electrons. The minimum absolute atomic E-state index is 0.174. The number of hydrogen-bond acceptors (Lipinski definition) is 7. The van der Waals surface area contributed by atoms with E-state index in [1.54, 1.807) is 26.4 Å². The third-order valence-electron chi connectivity index (χ3n) is 4.90. The Kier molecular flexibility index (Phi) is 6.53. The van der Waals surface area contributed by atoms with Gasteiger partial charge in [0.05, 0.1) is 14.2 Å². The fraction of sp³-hybridized carbons (Fsp3) is 0.217. The van der Waals surface area contributed by atoms with E-state index in [0.29, 0.717) is 30.2 Å². The number of hydrogen-bond donors (Lipinski definition) is 1. The Bertz CT molecular complexity index is 1320. The lowest BCUT2D eigenvalue weighted by Gasteiger charge is -2.10. The topological polar surface area (TPSA) is 109 Å². The molecule has 0 aliphatic rings. The van der Waals surface area contributed by atoms with Crippen LogP contribution in [0.5, 0.6) is 23.1 Å². The summed E-state index contributed by atoms with van der Waals surface area (Å²) in [5.41, 5.74) is 0.747. The molecule has 2 aromatic heterocycles. The first-order valence-corrected chi connectivity index (χ1v) is 10.2. The van der Waals surface area contributed by atoms with Crippen LogP contribution < -0.4 is 25.2 Å². The van der Waals surface area contributed by atoms with E-state index in [4.69, 9.17) is 14.2 Å². The lowest BCUT2D eigenvalue weighted by atomic mass is 10.1. The maximum absolute atomic E-state index is 12.7. The number of ether oxygens (including phenoxy) is 3. The van der Waals surface area contributed by atoms with E-state index in [9.17, 15) is 9.59 Å². The number of aromatic nitrogens is 4. The molecule has 2 aromatic carbocycles. The minimum atomic E-state index is -0.458. The summed E-state index contributed by atoms with van der Waals surface area (Å²) in [5.74, 6) is 1.67. The predicted octanol–water partition coefficient (Wildman–Crippen LogP) is 2.06. The fourth-order valence-electron chi connectivity index (χ4n) is 3.28. The summed E-state index contributed by atoms with van der Waals surface area (Å²) < 4.78 is 18.7. The Balaban J connectivity index is 1.41. The first kappa shape index (κ1) is 21.9. The summed E-state index contributed by atoms with van der Waals surface area (Å²) in [7, 11) is 3.15. The second-order valence-corrected chi connectivity index (χ2v) is 7.07. The zero-order valence-corrected chi connectivity index (χ0v) is 18.2. The van der Waals surface area contributed by atoms with Crippen molar-refractivity contribution in [3.05, 3.63) is 77.0 Å². The van der Waals surface area contributed by atoms with E-state index in [1.807, 2.05) is 36.4 Å². The number of carbonyl (C=O) groups is 1. The average Bonchev–Trinajstić information content (AvgIpc) is 3.15. The first-order chi connectivity index (χ1) is 16.1. The molecule has 0 unspecified atom stereocenters. The van der Waals surface area contributed by atoms with Crippen LogP contribution >= 0.6 is 0 Å². The Morgan fingerprint density at radius 3 is 2.61 bits per heavy atom. The Labute approximate surface area is 189 Å². The van der Waals surface area contributed by atoms with Gasteiger partial charge in [-0.3, -0.25) is 4.79 Å². The highest BCUT2D eigenvalue weighted by molar-refractivity contribution is 5.75. The standard InChI is InChI=1S/C23H23N5O5/c1-31-18-9-8-16(14-19(18)32-2)10-11-24-20(29)15-28-23(30)27-13-12-25-22(21(27)26-28)33-17-6-4-3-5-7-17/h3-9,12-14H,10-11,15H2,1-2H3,(H,24,29). The summed E-state index contributed by atoms with van der Waals surface area (Å²) in [4.78, 5) is 29.3. The van der Waals surface area contributed by atoms with Crippen molar-refractivity contribution in [1.82, 2.24) is 24.5 Å². The van der Waals surface area contributed by atoms with Crippen molar-refractivity contribution < 1.29 is 19.0 Å². The van der Waals surface area contributed by atoms with Gasteiger partial charge in [-0.15, -0.1) is 5.10 Å². The van der Waals surface area contributed by atoms with E-state index < -0.39 is 5.69 Å². The quantitative estimate of drug-likeness (QED) is 0.417. The van der Waals surface area contributed by atoms with Gasteiger partial charge in [-0.2, -0.15) is 0 Å². The summed E-state index contributed by atoms with van der Waals surface area (Å²) >= 11 is 0. The van der Waals surface area contributed by atoms with Crippen LogP contribution in [0.25, 0.3) is 5.65 Å². The summed E-state index contributed by atoms with van der Waals surface area (Å²) in [6.45, 7) is 0.164. The zero-order valence-electron chi connectivity index (χ0n) is 18.2. The van der Waals surface area contributed by atoms with E-state index in [0.717, 1.165) is 10.2 Å². The van der Waals surface area contributed by atoms with Crippen LogP contribution in [0.4, 0.5) is 0 Å². The molecule has 4 aromatic rings. The molecule has 0 saturated carbocycles. The number of amides is 1. The number of rotatable bonds is 9. The van der Waals surface area contributed by atoms with Crippen molar-refractivity contribution >= 4 is 11.6 Å². The van der Waals surface area contributed by atoms with Gasteiger partial charge < -0.3 is 19.5 Å². The highest BCUT2D eigenvalue weighted by Gasteiger charge is 2.15. The summed E-state index contributed by atoms with van der Waals surface area (Å²) in [6, 6.07) is 14.6. The van der Waals surface area contributed by atoms with Crippen LogP contribution in [-0.2, 0) is 17.8 Å². The van der Waals surface area contributed by atoms with Gasteiger partial charge in [0.1, 0.15) is 12.3 Å². The largest absolute Gasteiger partial charge is 0.493 e. The van der Waals surface area contributed by atoms with Crippen LogP contribution in [0.2, 0.25) is 0 Å². The number of benzene rings is 2. The van der Waals surface area contributed by atoms with Crippen LogP contribution in [0.15, 0.2) is 65.7 Å². The molecule has 0 aliphatic carbocycles. The molecule has 33 heavy (non-hydrogen) atoms. The van der Waals surface area contributed by atoms with Crippen LogP contribution in [0.1, 0.15) is 5.56 Å². The number of para-hydroxylation sites is 1. The Morgan fingerprint density at radius 2 is 1.85 bits per heavy atom. The monoisotopic (exact) mass is 449 g/mol. The van der Waals surface area contributed by atoms with Crippen molar-refractivity contribution in [2.75, 3.05) is 20.8 Å².